The maximum Gasteiger partial charge on any atom is 0.269 e. The highest BCUT2D eigenvalue weighted by Crippen LogP contribution is 2.25. The summed E-state index contributed by atoms with van der Waals surface area (Å²) in [6.07, 6.45) is 6.51. The van der Waals surface area contributed by atoms with Gasteiger partial charge in [0, 0.05) is 50.0 Å². The summed E-state index contributed by atoms with van der Waals surface area (Å²) in [4.78, 5) is 31.5. The van der Waals surface area contributed by atoms with Gasteiger partial charge >= 0.3 is 0 Å². The fraction of sp³-hybridized carbons (Fsp3) is 0.286. The van der Waals surface area contributed by atoms with Crippen molar-refractivity contribution < 1.29 is 4.79 Å². The van der Waals surface area contributed by atoms with Crippen LogP contribution < -0.4 is 10.6 Å². The van der Waals surface area contributed by atoms with Gasteiger partial charge in [0.25, 0.3) is 5.91 Å². The molecule has 0 radical (unpaired) electrons. The van der Waals surface area contributed by atoms with Crippen LogP contribution in [0.25, 0.3) is 5.57 Å². The van der Waals surface area contributed by atoms with Crippen molar-refractivity contribution in [2.24, 2.45) is 0 Å². The molecule has 1 aliphatic rings. The van der Waals surface area contributed by atoms with Gasteiger partial charge in [-0.05, 0) is 30.5 Å². The number of nitrogens with zero attached hydrogens (tertiary/aromatic N) is 5. The molecule has 8 nitrogen and oxygen atoms in total. The highest BCUT2D eigenvalue weighted by atomic mass is 32.1. The van der Waals surface area contributed by atoms with E-state index < -0.39 is 0 Å². The molecule has 3 aromatic heterocycles. The number of carbonyl (C=O) groups is 1. The lowest BCUT2D eigenvalue weighted by Crippen LogP contribution is -2.28. The zero-order chi connectivity index (χ0) is 20.9. The van der Waals surface area contributed by atoms with Crippen molar-refractivity contribution in [3.05, 3.63) is 64.8 Å². The summed E-state index contributed by atoms with van der Waals surface area (Å²) in [6.45, 7) is 4.48. The second kappa shape index (κ2) is 9.10. The number of rotatable bonds is 6. The van der Waals surface area contributed by atoms with E-state index in [2.05, 4.69) is 41.5 Å². The first kappa shape index (κ1) is 20.1. The molecule has 9 heteroatoms. The molecule has 4 heterocycles. The van der Waals surface area contributed by atoms with E-state index in [4.69, 9.17) is 0 Å². The van der Waals surface area contributed by atoms with Crippen molar-refractivity contribution >= 4 is 33.8 Å². The second-order valence-corrected chi connectivity index (χ2v) is 7.87. The Labute approximate surface area is 179 Å². The lowest BCUT2D eigenvalue weighted by atomic mass is 9.98. The van der Waals surface area contributed by atoms with Crippen molar-refractivity contribution in [3.8, 4) is 0 Å². The van der Waals surface area contributed by atoms with Crippen LogP contribution in [-0.2, 0) is 6.54 Å². The summed E-state index contributed by atoms with van der Waals surface area (Å²) >= 11 is 1.53. The van der Waals surface area contributed by atoms with Crippen molar-refractivity contribution in [1.29, 1.82) is 0 Å². The number of amides is 1. The van der Waals surface area contributed by atoms with Gasteiger partial charge in [-0.1, -0.05) is 12.1 Å². The van der Waals surface area contributed by atoms with Crippen molar-refractivity contribution in [3.63, 3.8) is 0 Å². The first-order valence-electron chi connectivity index (χ1n) is 9.71. The maximum atomic E-state index is 11.8. The average Bonchev–Trinajstić information content (AvgIpc) is 3.27. The van der Waals surface area contributed by atoms with Crippen molar-refractivity contribution in [2.45, 2.75) is 19.9 Å². The van der Waals surface area contributed by atoms with Gasteiger partial charge in [-0.15, -0.1) is 11.3 Å². The van der Waals surface area contributed by atoms with Gasteiger partial charge in [0.15, 0.2) is 5.13 Å². The maximum absolute atomic E-state index is 11.8. The van der Waals surface area contributed by atoms with Crippen LogP contribution >= 0.6 is 11.3 Å². The van der Waals surface area contributed by atoms with Crippen molar-refractivity contribution in [2.75, 3.05) is 25.5 Å². The van der Waals surface area contributed by atoms with Gasteiger partial charge in [-0.2, -0.15) is 0 Å². The van der Waals surface area contributed by atoms with Crippen LogP contribution in [0.15, 0.2) is 42.2 Å². The van der Waals surface area contributed by atoms with Crippen LogP contribution in [0.2, 0.25) is 0 Å². The smallest absolute Gasteiger partial charge is 0.269 e. The minimum atomic E-state index is -0.165. The molecular weight excluding hydrogens is 398 g/mol. The SMILES string of the molecule is CNC(=O)c1ccc(C2=CCN(Cc3cc(Nc4nccs4)ncn3)CC2)c(C)n1. The summed E-state index contributed by atoms with van der Waals surface area (Å²) in [5.74, 6) is 0.586. The molecule has 0 saturated carbocycles. The van der Waals surface area contributed by atoms with Gasteiger partial charge in [0.2, 0.25) is 0 Å². The molecule has 0 unspecified atom stereocenters. The highest BCUT2D eigenvalue weighted by Gasteiger charge is 2.17. The van der Waals surface area contributed by atoms with Crippen LogP contribution in [0.1, 0.15) is 33.9 Å². The van der Waals surface area contributed by atoms with E-state index in [9.17, 15) is 4.79 Å². The monoisotopic (exact) mass is 421 g/mol. The van der Waals surface area contributed by atoms with Crippen LogP contribution in [0.4, 0.5) is 10.9 Å². The van der Waals surface area contributed by atoms with Gasteiger partial charge < -0.3 is 10.6 Å². The lowest BCUT2D eigenvalue weighted by molar-refractivity contribution is 0.0958. The minimum absolute atomic E-state index is 0.165. The molecule has 2 N–H and O–H groups in total. The number of aromatic nitrogens is 4. The molecule has 1 aliphatic heterocycles. The quantitative estimate of drug-likeness (QED) is 0.631. The third kappa shape index (κ3) is 4.69. The Kier molecular flexibility index (Phi) is 6.10. The van der Waals surface area contributed by atoms with Crippen molar-refractivity contribution in [1.82, 2.24) is 30.2 Å². The molecule has 0 aromatic carbocycles. The Morgan fingerprint density at radius 3 is 2.87 bits per heavy atom. The average molecular weight is 422 g/mol. The molecule has 30 heavy (non-hydrogen) atoms. The largest absolute Gasteiger partial charge is 0.354 e. The third-order valence-corrected chi connectivity index (χ3v) is 5.65. The van der Waals surface area contributed by atoms with Gasteiger partial charge in [-0.3, -0.25) is 9.69 Å². The molecular formula is C21H23N7OS. The van der Waals surface area contributed by atoms with Gasteiger partial charge in [0.1, 0.15) is 17.8 Å². The van der Waals surface area contributed by atoms with E-state index in [1.165, 1.54) is 16.9 Å². The first-order chi connectivity index (χ1) is 14.6. The summed E-state index contributed by atoms with van der Waals surface area (Å²) in [6, 6.07) is 5.74. The Morgan fingerprint density at radius 2 is 2.17 bits per heavy atom. The number of thiazole rings is 1. The molecule has 1 amide bonds. The Bertz CT molecular complexity index is 1060. The molecule has 4 rings (SSSR count). The predicted octanol–water partition coefficient (Wildman–Crippen LogP) is 3.03. The molecule has 0 bridgehead atoms. The van der Waals surface area contributed by atoms with Gasteiger partial charge in [-0.25, -0.2) is 19.9 Å². The molecule has 0 atom stereocenters. The number of nitrogens with one attached hydrogen (secondary N) is 2. The summed E-state index contributed by atoms with van der Waals surface area (Å²) in [5, 5.41) is 8.55. The van der Waals surface area contributed by atoms with E-state index in [0.29, 0.717) is 5.69 Å². The zero-order valence-corrected chi connectivity index (χ0v) is 17.7. The fourth-order valence-electron chi connectivity index (χ4n) is 3.43. The molecule has 154 valence electrons. The number of pyridine rings is 1. The Hall–Kier alpha value is -3.17. The van der Waals surface area contributed by atoms with Gasteiger partial charge in [0.05, 0.1) is 5.69 Å². The van der Waals surface area contributed by atoms with E-state index >= 15 is 0 Å². The number of aryl methyl sites for hydroxylation is 1. The van der Waals surface area contributed by atoms with Crippen LogP contribution in [-0.4, -0.2) is 50.9 Å². The Balaban J connectivity index is 1.40. The third-order valence-electron chi connectivity index (χ3n) is 4.96. The topological polar surface area (TPSA) is 95.9 Å². The molecule has 0 spiro atoms. The predicted molar refractivity (Wildman–Crippen MR) is 118 cm³/mol. The second-order valence-electron chi connectivity index (χ2n) is 6.98. The van der Waals surface area contributed by atoms with E-state index in [1.807, 2.05) is 24.4 Å². The fourth-order valence-corrected chi connectivity index (χ4v) is 3.97. The summed E-state index contributed by atoms with van der Waals surface area (Å²) < 4.78 is 0. The normalized spacial score (nSPS) is 14.3. The van der Waals surface area contributed by atoms with E-state index in [1.54, 1.807) is 25.6 Å². The van der Waals surface area contributed by atoms with E-state index in [0.717, 1.165) is 54.0 Å². The summed E-state index contributed by atoms with van der Waals surface area (Å²) in [5.41, 5.74) is 4.67. The standard InChI is InChI=1S/C21H23N7OS/c1-14-17(3-4-18(26-14)20(29)22-2)15-5-8-28(9-6-15)12-16-11-19(25-13-24-16)27-21-23-7-10-30-21/h3-5,7,10-11,13H,6,8-9,12H2,1-2H3,(H,22,29)(H,23,24,25,27). The first-order valence-corrected chi connectivity index (χ1v) is 10.6. The number of carbonyl (C=O) groups excluding carboxylic acids is 1. The molecule has 0 aliphatic carbocycles. The number of hydrogen-bond donors (Lipinski definition) is 2. The number of hydrogen-bond acceptors (Lipinski definition) is 8. The van der Waals surface area contributed by atoms with Crippen LogP contribution in [0.5, 0.6) is 0 Å². The molecule has 0 saturated heterocycles. The Morgan fingerprint density at radius 1 is 1.27 bits per heavy atom. The van der Waals surface area contributed by atoms with Crippen LogP contribution in [0.3, 0.4) is 0 Å². The highest BCUT2D eigenvalue weighted by molar-refractivity contribution is 7.13. The van der Waals surface area contributed by atoms with Crippen LogP contribution in [0, 0.1) is 6.92 Å². The molecule has 3 aromatic rings. The number of anilines is 2. The zero-order valence-electron chi connectivity index (χ0n) is 16.9. The van der Waals surface area contributed by atoms with E-state index in [-0.39, 0.29) is 5.91 Å². The lowest BCUT2D eigenvalue weighted by Gasteiger charge is -2.26. The minimum Gasteiger partial charge on any atom is -0.354 e. The molecule has 0 fully saturated rings. The summed E-state index contributed by atoms with van der Waals surface area (Å²) in [7, 11) is 1.61.